The summed E-state index contributed by atoms with van der Waals surface area (Å²) in [6, 6.07) is 20.2. The van der Waals surface area contributed by atoms with Crippen molar-refractivity contribution in [2.75, 3.05) is 16.2 Å². The van der Waals surface area contributed by atoms with Crippen molar-refractivity contribution in [3.05, 3.63) is 88.9 Å². The Morgan fingerprint density at radius 3 is 2.50 bits per heavy atom. The molecular weight excluding hydrogens is 396 g/mol. The maximum Gasteiger partial charge on any atom is 0.261 e. The summed E-state index contributed by atoms with van der Waals surface area (Å²) in [7, 11) is -3.83. The first-order valence-corrected chi connectivity index (χ1v) is 10.6. The van der Waals surface area contributed by atoms with Crippen LogP contribution in [-0.4, -0.2) is 20.9 Å². The van der Waals surface area contributed by atoms with Crippen molar-refractivity contribution in [2.24, 2.45) is 0 Å². The average Bonchev–Trinajstić information content (AvgIpc) is 3.13. The van der Waals surface area contributed by atoms with Crippen molar-refractivity contribution in [1.82, 2.24) is 0 Å². The maximum absolute atomic E-state index is 13.0. The third-order valence-electron chi connectivity index (χ3n) is 4.62. The van der Waals surface area contributed by atoms with E-state index < -0.39 is 10.0 Å². The zero-order valence-corrected chi connectivity index (χ0v) is 16.4. The average molecular weight is 413 g/mol. The maximum atomic E-state index is 13.0. The first kappa shape index (κ1) is 18.5. The van der Waals surface area contributed by atoms with E-state index in [-0.39, 0.29) is 10.8 Å². The molecule has 0 saturated carbocycles. The minimum Gasteiger partial charge on any atom is -0.308 e. The molecule has 0 aliphatic carbocycles. The number of fused-ring (bicyclic) bond motifs is 1. The molecule has 4 rings (SSSR count). The van der Waals surface area contributed by atoms with Gasteiger partial charge in [0.1, 0.15) is 0 Å². The minimum absolute atomic E-state index is 0.0285. The summed E-state index contributed by atoms with van der Waals surface area (Å²) >= 11 is 5.83. The molecular formula is C21H17ClN2O3S. The first-order chi connectivity index (χ1) is 13.4. The molecule has 3 aromatic carbocycles. The van der Waals surface area contributed by atoms with Crippen LogP contribution < -0.4 is 9.62 Å². The van der Waals surface area contributed by atoms with E-state index in [0.717, 1.165) is 17.7 Å². The van der Waals surface area contributed by atoms with Crippen LogP contribution in [0.1, 0.15) is 15.9 Å². The van der Waals surface area contributed by atoms with E-state index in [0.29, 0.717) is 22.8 Å². The van der Waals surface area contributed by atoms with Crippen molar-refractivity contribution in [3.8, 4) is 0 Å². The summed E-state index contributed by atoms with van der Waals surface area (Å²) in [5.41, 5.74) is 2.72. The van der Waals surface area contributed by atoms with E-state index >= 15 is 0 Å². The quantitative estimate of drug-likeness (QED) is 0.693. The Labute approximate surface area is 168 Å². The van der Waals surface area contributed by atoms with Gasteiger partial charge in [-0.2, -0.15) is 0 Å². The lowest BCUT2D eigenvalue weighted by Crippen LogP contribution is -2.29. The number of sulfonamides is 1. The number of rotatable bonds is 4. The van der Waals surface area contributed by atoms with Crippen molar-refractivity contribution >= 4 is 38.9 Å². The Morgan fingerprint density at radius 1 is 0.964 bits per heavy atom. The van der Waals surface area contributed by atoms with Crippen LogP contribution in [0.15, 0.2) is 77.7 Å². The van der Waals surface area contributed by atoms with E-state index in [1.54, 1.807) is 41.3 Å². The Hall–Kier alpha value is -2.83. The fraction of sp³-hybridized carbons (Fsp3) is 0.0952. The Morgan fingerprint density at radius 2 is 1.71 bits per heavy atom. The molecule has 142 valence electrons. The molecule has 1 aliphatic rings. The lowest BCUT2D eigenvalue weighted by molar-refractivity contribution is 0.0989. The number of nitrogens with zero attached hydrogens (tertiary/aromatic N) is 1. The number of carbonyl (C=O) groups is 1. The van der Waals surface area contributed by atoms with Crippen molar-refractivity contribution in [3.63, 3.8) is 0 Å². The summed E-state index contributed by atoms with van der Waals surface area (Å²) < 4.78 is 27.9. The standard InChI is InChI=1S/C21H17ClN2O3S/c22-17-8-10-18(11-9-17)23-28(26,27)19-6-3-5-16(14-19)21(25)24-13-12-15-4-1-2-7-20(15)24/h1-11,14,23H,12-13H2. The normalized spacial score (nSPS) is 13.2. The van der Waals surface area contributed by atoms with Gasteiger partial charge in [0.2, 0.25) is 0 Å². The van der Waals surface area contributed by atoms with Gasteiger partial charge in [0, 0.05) is 28.5 Å². The van der Waals surface area contributed by atoms with Crippen molar-refractivity contribution in [2.45, 2.75) is 11.3 Å². The number of nitrogens with one attached hydrogen (secondary N) is 1. The van der Waals surface area contributed by atoms with Crippen LogP contribution in [0.4, 0.5) is 11.4 Å². The van der Waals surface area contributed by atoms with Gasteiger partial charge in [-0.15, -0.1) is 0 Å². The molecule has 7 heteroatoms. The van der Waals surface area contributed by atoms with Crippen LogP contribution in [-0.2, 0) is 16.4 Å². The molecule has 0 unspecified atom stereocenters. The highest BCUT2D eigenvalue weighted by molar-refractivity contribution is 7.92. The van der Waals surface area contributed by atoms with Crippen LogP contribution in [0.25, 0.3) is 0 Å². The molecule has 1 heterocycles. The van der Waals surface area contributed by atoms with Gasteiger partial charge in [0.25, 0.3) is 15.9 Å². The van der Waals surface area contributed by atoms with Gasteiger partial charge in [0.05, 0.1) is 4.90 Å². The number of amides is 1. The highest BCUT2D eigenvalue weighted by Gasteiger charge is 2.26. The third kappa shape index (κ3) is 3.61. The molecule has 1 aliphatic heterocycles. The predicted octanol–water partition coefficient (Wildman–Crippen LogP) is 4.34. The highest BCUT2D eigenvalue weighted by atomic mass is 35.5. The van der Waals surface area contributed by atoms with E-state index in [1.807, 2.05) is 24.3 Å². The largest absolute Gasteiger partial charge is 0.308 e. The molecule has 0 fully saturated rings. The Bertz CT molecular complexity index is 1140. The lowest BCUT2D eigenvalue weighted by atomic mass is 10.1. The second-order valence-corrected chi connectivity index (χ2v) is 8.59. The van der Waals surface area contributed by atoms with Crippen LogP contribution in [0.5, 0.6) is 0 Å². The smallest absolute Gasteiger partial charge is 0.261 e. The summed E-state index contributed by atoms with van der Waals surface area (Å²) in [4.78, 5) is 14.7. The van der Waals surface area contributed by atoms with Gasteiger partial charge >= 0.3 is 0 Å². The summed E-state index contributed by atoms with van der Waals surface area (Å²) in [6.07, 6.45) is 0.790. The molecule has 3 aromatic rings. The number of anilines is 2. The molecule has 0 radical (unpaired) electrons. The van der Waals surface area contributed by atoms with Gasteiger partial charge < -0.3 is 4.90 Å². The van der Waals surface area contributed by atoms with E-state index in [9.17, 15) is 13.2 Å². The number of benzene rings is 3. The van der Waals surface area contributed by atoms with Gasteiger partial charge in [-0.25, -0.2) is 8.42 Å². The molecule has 0 atom stereocenters. The molecule has 1 N–H and O–H groups in total. The van der Waals surface area contributed by atoms with Gasteiger partial charge in [0.15, 0.2) is 0 Å². The van der Waals surface area contributed by atoms with Crippen molar-refractivity contribution in [1.29, 1.82) is 0 Å². The third-order valence-corrected chi connectivity index (χ3v) is 6.25. The van der Waals surface area contributed by atoms with E-state index in [2.05, 4.69) is 4.72 Å². The SMILES string of the molecule is O=C(c1cccc(S(=O)(=O)Nc2ccc(Cl)cc2)c1)N1CCc2ccccc21. The van der Waals surface area contributed by atoms with Crippen molar-refractivity contribution < 1.29 is 13.2 Å². The monoisotopic (exact) mass is 412 g/mol. The van der Waals surface area contributed by atoms with Gasteiger partial charge in [-0.1, -0.05) is 35.9 Å². The zero-order chi connectivity index (χ0) is 19.7. The molecule has 0 saturated heterocycles. The molecule has 0 aromatic heterocycles. The van der Waals surface area contributed by atoms with Crippen LogP contribution in [0.3, 0.4) is 0 Å². The summed E-state index contributed by atoms with van der Waals surface area (Å²) in [5, 5.41) is 0.515. The predicted molar refractivity (Wildman–Crippen MR) is 111 cm³/mol. The summed E-state index contributed by atoms with van der Waals surface area (Å²) in [5.74, 6) is -0.214. The van der Waals surface area contributed by atoms with E-state index in [1.165, 1.54) is 12.1 Å². The Balaban J connectivity index is 1.61. The number of hydrogen-bond donors (Lipinski definition) is 1. The Kier molecular flexibility index (Phi) is 4.83. The first-order valence-electron chi connectivity index (χ1n) is 8.72. The second kappa shape index (κ2) is 7.30. The van der Waals surface area contributed by atoms with Gasteiger partial charge in [-0.3, -0.25) is 9.52 Å². The molecule has 5 nitrogen and oxygen atoms in total. The number of para-hydroxylation sites is 1. The van der Waals surface area contributed by atoms with E-state index in [4.69, 9.17) is 11.6 Å². The minimum atomic E-state index is -3.83. The second-order valence-electron chi connectivity index (χ2n) is 6.48. The van der Waals surface area contributed by atoms with Crippen LogP contribution in [0.2, 0.25) is 5.02 Å². The number of hydrogen-bond acceptors (Lipinski definition) is 3. The number of halogens is 1. The lowest BCUT2D eigenvalue weighted by Gasteiger charge is -2.18. The van der Waals surface area contributed by atoms with Gasteiger partial charge in [-0.05, 0) is 60.5 Å². The van der Waals surface area contributed by atoms with Crippen LogP contribution in [0, 0.1) is 0 Å². The molecule has 0 spiro atoms. The molecule has 28 heavy (non-hydrogen) atoms. The highest BCUT2D eigenvalue weighted by Crippen LogP contribution is 2.29. The van der Waals surface area contributed by atoms with Crippen LogP contribution >= 0.6 is 11.6 Å². The zero-order valence-electron chi connectivity index (χ0n) is 14.8. The summed E-state index contributed by atoms with van der Waals surface area (Å²) in [6.45, 7) is 0.582. The fourth-order valence-corrected chi connectivity index (χ4v) is 4.46. The number of carbonyl (C=O) groups excluding carboxylic acids is 1. The topological polar surface area (TPSA) is 66.5 Å². The fourth-order valence-electron chi connectivity index (χ4n) is 3.23. The molecule has 1 amide bonds. The molecule has 0 bridgehead atoms.